The molecule has 1 fully saturated rings. The van der Waals surface area contributed by atoms with Crippen molar-refractivity contribution in [2.24, 2.45) is 5.92 Å². The summed E-state index contributed by atoms with van der Waals surface area (Å²) < 4.78 is 24.2. The summed E-state index contributed by atoms with van der Waals surface area (Å²) in [6.45, 7) is 5.32. The van der Waals surface area contributed by atoms with Crippen LogP contribution in [-0.4, -0.2) is 37.2 Å². The molecule has 2 aromatic carbocycles. The lowest BCUT2D eigenvalue weighted by Crippen LogP contribution is -2.29. The van der Waals surface area contributed by atoms with Gasteiger partial charge in [-0.3, -0.25) is 14.9 Å². The Kier molecular flexibility index (Phi) is 6.67. The van der Waals surface area contributed by atoms with Crippen molar-refractivity contribution in [1.82, 2.24) is 0 Å². The van der Waals surface area contributed by atoms with Crippen LogP contribution in [0, 0.1) is 11.7 Å². The van der Waals surface area contributed by atoms with Gasteiger partial charge in [-0.1, -0.05) is 0 Å². The molecule has 0 aromatic heterocycles. The number of ether oxygens (including phenoxy) is 2. The Labute approximate surface area is 185 Å². The fraction of sp³-hybridized carbons (Fsp3) is 0.348. The fourth-order valence-corrected chi connectivity index (χ4v) is 3.27. The number of nitrogens with one attached hydrogen (secondary N) is 2. The third kappa shape index (κ3) is 5.75. The molecule has 32 heavy (non-hydrogen) atoms. The van der Waals surface area contributed by atoms with E-state index in [1.807, 2.05) is 0 Å². The van der Waals surface area contributed by atoms with Crippen LogP contribution in [0.2, 0.25) is 0 Å². The third-order valence-corrected chi connectivity index (χ3v) is 4.76. The van der Waals surface area contributed by atoms with Crippen LogP contribution in [-0.2, 0) is 14.3 Å². The number of carbonyl (C=O) groups is 3. The molecule has 0 spiro atoms. The number of amides is 3. The zero-order valence-electron chi connectivity index (χ0n) is 18.4. The number of hydrogen-bond donors (Lipinski definition) is 2. The molecule has 0 radical (unpaired) electrons. The van der Waals surface area contributed by atoms with Crippen LogP contribution in [0.1, 0.15) is 27.2 Å². The third-order valence-electron chi connectivity index (χ3n) is 4.76. The number of halogens is 1. The van der Waals surface area contributed by atoms with E-state index in [0.717, 1.165) is 12.1 Å². The molecule has 3 amide bonds. The van der Waals surface area contributed by atoms with Crippen molar-refractivity contribution < 1.29 is 28.2 Å². The van der Waals surface area contributed by atoms with Crippen LogP contribution in [0.4, 0.5) is 26.2 Å². The number of benzene rings is 2. The Morgan fingerprint density at radius 1 is 1.06 bits per heavy atom. The van der Waals surface area contributed by atoms with Crippen LogP contribution in [0.25, 0.3) is 0 Å². The first-order valence-electron chi connectivity index (χ1n) is 10.1. The first-order chi connectivity index (χ1) is 15.1. The maximum Gasteiger partial charge on any atom is 0.412 e. The molecule has 9 heteroatoms. The van der Waals surface area contributed by atoms with Crippen LogP contribution in [0.3, 0.4) is 0 Å². The van der Waals surface area contributed by atoms with E-state index in [1.54, 1.807) is 52.1 Å². The average molecular weight is 443 g/mol. The van der Waals surface area contributed by atoms with Crippen molar-refractivity contribution >= 4 is 35.0 Å². The summed E-state index contributed by atoms with van der Waals surface area (Å²) in [5.41, 5.74) is 0.202. The lowest BCUT2D eigenvalue weighted by Gasteiger charge is -2.21. The van der Waals surface area contributed by atoms with Gasteiger partial charge in [0.25, 0.3) is 0 Å². The Balaban J connectivity index is 1.70. The summed E-state index contributed by atoms with van der Waals surface area (Å²) in [4.78, 5) is 38.9. The van der Waals surface area contributed by atoms with Crippen LogP contribution < -0.4 is 20.3 Å². The number of nitrogens with zero attached hydrogens (tertiary/aromatic N) is 1. The van der Waals surface area contributed by atoms with Gasteiger partial charge >= 0.3 is 6.09 Å². The highest BCUT2D eigenvalue weighted by Crippen LogP contribution is 2.29. The minimum absolute atomic E-state index is 0.0159. The highest BCUT2D eigenvalue weighted by atomic mass is 19.1. The van der Waals surface area contributed by atoms with Gasteiger partial charge in [0.15, 0.2) is 0 Å². The second kappa shape index (κ2) is 9.25. The fourth-order valence-electron chi connectivity index (χ4n) is 3.27. The van der Waals surface area contributed by atoms with Crippen LogP contribution >= 0.6 is 0 Å². The minimum Gasteiger partial charge on any atom is -0.497 e. The van der Waals surface area contributed by atoms with Crippen molar-refractivity contribution in [1.29, 1.82) is 0 Å². The number of carbonyl (C=O) groups excluding carboxylic acids is 3. The van der Waals surface area contributed by atoms with E-state index in [4.69, 9.17) is 9.47 Å². The van der Waals surface area contributed by atoms with E-state index in [9.17, 15) is 18.8 Å². The Morgan fingerprint density at radius 3 is 2.38 bits per heavy atom. The molecule has 170 valence electrons. The molecular weight excluding hydrogens is 417 g/mol. The minimum atomic E-state index is -0.735. The summed E-state index contributed by atoms with van der Waals surface area (Å²) in [5, 5.41) is 5.14. The van der Waals surface area contributed by atoms with Crippen molar-refractivity contribution in [2.45, 2.75) is 32.8 Å². The average Bonchev–Trinajstić information content (AvgIpc) is 3.10. The van der Waals surface area contributed by atoms with Gasteiger partial charge in [-0.05, 0) is 63.2 Å². The van der Waals surface area contributed by atoms with Crippen LogP contribution in [0.5, 0.6) is 5.75 Å². The molecular formula is C23H26FN3O5. The zero-order chi connectivity index (χ0) is 23.5. The van der Waals surface area contributed by atoms with Gasteiger partial charge in [-0.2, -0.15) is 0 Å². The predicted octanol–water partition coefficient (Wildman–Crippen LogP) is 4.17. The number of rotatable bonds is 5. The summed E-state index contributed by atoms with van der Waals surface area (Å²) in [6, 6.07) is 10.5. The van der Waals surface area contributed by atoms with E-state index in [0.29, 0.717) is 11.4 Å². The first kappa shape index (κ1) is 23.1. The number of hydrogen-bond acceptors (Lipinski definition) is 5. The highest BCUT2D eigenvalue weighted by molar-refractivity contribution is 6.05. The van der Waals surface area contributed by atoms with Gasteiger partial charge in [-0.15, -0.1) is 0 Å². The Hall–Kier alpha value is -3.62. The first-order valence-corrected chi connectivity index (χ1v) is 10.1. The molecule has 2 N–H and O–H groups in total. The maximum absolute atomic E-state index is 13.8. The topological polar surface area (TPSA) is 97.0 Å². The Morgan fingerprint density at radius 2 is 1.75 bits per heavy atom. The van der Waals surface area contributed by atoms with E-state index >= 15 is 0 Å². The molecule has 0 saturated carbocycles. The molecule has 1 aliphatic rings. The normalized spacial score (nSPS) is 16.0. The molecule has 3 rings (SSSR count). The van der Waals surface area contributed by atoms with Crippen molar-refractivity contribution in [3.63, 3.8) is 0 Å². The quantitative estimate of drug-likeness (QED) is 0.723. The molecule has 1 saturated heterocycles. The number of methoxy groups -OCH3 is 1. The van der Waals surface area contributed by atoms with Gasteiger partial charge in [0.05, 0.1) is 24.4 Å². The molecule has 1 unspecified atom stereocenters. The van der Waals surface area contributed by atoms with Crippen molar-refractivity contribution in [3.8, 4) is 5.75 Å². The molecule has 2 aromatic rings. The molecule has 1 heterocycles. The SMILES string of the molecule is COc1ccc(N2CC(C(=O)Nc3cc(F)ccc3NC(=O)OC(C)(C)C)CC2=O)cc1. The Bertz CT molecular complexity index is 1020. The molecule has 1 atom stereocenters. The lowest BCUT2D eigenvalue weighted by atomic mass is 10.1. The largest absolute Gasteiger partial charge is 0.497 e. The summed E-state index contributed by atoms with van der Waals surface area (Å²) >= 11 is 0. The smallest absolute Gasteiger partial charge is 0.412 e. The van der Waals surface area contributed by atoms with E-state index < -0.39 is 29.3 Å². The predicted molar refractivity (Wildman–Crippen MR) is 118 cm³/mol. The van der Waals surface area contributed by atoms with Crippen molar-refractivity contribution in [2.75, 3.05) is 29.2 Å². The summed E-state index contributed by atoms with van der Waals surface area (Å²) in [7, 11) is 1.55. The monoisotopic (exact) mass is 443 g/mol. The highest BCUT2D eigenvalue weighted by Gasteiger charge is 2.35. The van der Waals surface area contributed by atoms with E-state index in [2.05, 4.69) is 10.6 Å². The molecule has 8 nitrogen and oxygen atoms in total. The van der Waals surface area contributed by atoms with Gasteiger partial charge in [0.1, 0.15) is 17.2 Å². The lowest BCUT2D eigenvalue weighted by molar-refractivity contribution is -0.122. The van der Waals surface area contributed by atoms with Gasteiger partial charge in [0.2, 0.25) is 11.8 Å². The van der Waals surface area contributed by atoms with Gasteiger partial charge in [0, 0.05) is 18.7 Å². The molecule has 0 bridgehead atoms. The second-order valence-electron chi connectivity index (χ2n) is 8.41. The standard InChI is InChI=1S/C23H26FN3O5/c1-23(2,3)32-22(30)26-18-10-5-15(24)12-19(18)25-21(29)14-11-20(28)27(13-14)16-6-8-17(31-4)9-7-16/h5-10,12,14H,11,13H2,1-4H3,(H,25,29)(H,26,30). The number of anilines is 3. The zero-order valence-corrected chi connectivity index (χ0v) is 18.4. The molecule has 0 aliphatic carbocycles. The molecule has 1 aliphatic heterocycles. The van der Waals surface area contributed by atoms with Gasteiger partial charge in [-0.25, -0.2) is 9.18 Å². The maximum atomic E-state index is 13.8. The van der Waals surface area contributed by atoms with E-state index in [-0.39, 0.29) is 30.2 Å². The summed E-state index contributed by atoms with van der Waals surface area (Å²) in [5.74, 6) is -1.21. The van der Waals surface area contributed by atoms with Crippen molar-refractivity contribution in [3.05, 3.63) is 48.3 Å². The van der Waals surface area contributed by atoms with E-state index in [1.165, 1.54) is 11.0 Å². The van der Waals surface area contributed by atoms with Crippen LogP contribution in [0.15, 0.2) is 42.5 Å². The van der Waals surface area contributed by atoms with Gasteiger partial charge < -0.3 is 19.7 Å². The summed E-state index contributed by atoms with van der Waals surface area (Å²) in [6.07, 6.45) is -0.719. The second-order valence-corrected chi connectivity index (χ2v) is 8.41.